The van der Waals surface area contributed by atoms with Crippen LogP contribution in [0, 0.1) is 13.8 Å². The molecule has 0 saturated carbocycles. The smallest absolute Gasteiger partial charge is 0.317 e. The molecule has 1 heterocycles. The van der Waals surface area contributed by atoms with Gasteiger partial charge in [-0.3, -0.25) is 5.32 Å². The van der Waals surface area contributed by atoms with Gasteiger partial charge in [-0.15, -0.1) is 11.8 Å². The summed E-state index contributed by atoms with van der Waals surface area (Å²) in [5.41, 5.74) is 7.13. The molecule has 0 bridgehead atoms. The van der Waals surface area contributed by atoms with Crippen LogP contribution in [0.4, 0.5) is 10.6 Å². The van der Waals surface area contributed by atoms with Gasteiger partial charge in [0.1, 0.15) is 5.82 Å². The van der Waals surface area contributed by atoms with E-state index in [1.807, 2.05) is 23.1 Å². The van der Waals surface area contributed by atoms with Gasteiger partial charge in [-0.1, -0.05) is 48.0 Å². The number of anilines is 1. The van der Waals surface area contributed by atoms with Gasteiger partial charge in [-0.25, -0.2) is 9.78 Å². The van der Waals surface area contributed by atoms with Crippen LogP contribution in [0.3, 0.4) is 0 Å². The van der Waals surface area contributed by atoms with Crippen molar-refractivity contribution in [2.75, 3.05) is 11.6 Å². The summed E-state index contributed by atoms with van der Waals surface area (Å²) in [4.78, 5) is 21.6. The second-order valence-electron chi connectivity index (χ2n) is 9.07. The quantitative estimate of drug-likeness (QED) is 0.329. The van der Waals surface area contributed by atoms with Crippen molar-refractivity contribution in [1.82, 2.24) is 9.88 Å². The maximum absolute atomic E-state index is 13.7. The van der Waals surface area contributed by atoms with E-state index in [4.69, 9.17) is 4.98 Å². The Morgan fingerprint density at radius 3 is 2.50 bits per heavy atom. The lowest BCUT2D eigenvalue weighted by Gasteiger charge is -2.30. The maximum Gasteiger partial charge on any atom is 0.323 e. The number of nitrogens with one attached hydrogen (secondary N) is 1. The molecule has 4 nitrogen and oxygen atoms in total. The molecule has 0 unspecified atom stereocenters. The number of aromatic nitrogens is 1. The summed E-state index contributed by atoms with van der Waals surface area (Å²) < 4.78 is 0. The van der Waals surface area contributed by atoms with Gasteiger partial charge in [-0.2, -0.15) is 0 Å². The van der Waals surface area contributed by atoms with Crippen LogP contribution < -0.4 is 5.32 Å². The van der Waals surface area contributed by atoms with Crippen molar-refractivity contribution in [3.63, 3.8) is 0 Å². The Bertz CT molecular complexity index is 1340. The van der Waals surface area contributed by atoms with E-state index < -0.39 is 0 Å². The molecule has 0 radical (unpaired) electrons. The molecule has 1 aliphatic carbocycles. The molecule has 3 aromatic carbocycles. The molecule has 1 aliphatic rings. The van der Waals surface area contributed by atoms with E-state index in [9.17, 15) is 4.79 Å². The third-order valence-electron chi connectivity index (χ3n) is 6.71. The molecule has 34 heavy (non-hydrogen) atoms. The highest BCUT2D eigenvalue weighted by atomic mass is 32.2. The Kier molecular flexibility index (Phi) is 6.29. The van der Waals surface area contributed by atoms with Crippen LogP contribution in [0.2, 0.25) is 0 Å². The van der Waals surface area contributed by atoms with Crippen molar-refractivity contribution >= 4 is 34.5 Å². The molecule has 5 heteroatoms. The first-order valence-electron chi connectivity index (χ1n) is 11.7. The summed E-state index contributed by atoms with van der Waals surface area (Å²) in [5, 5.41) is 4.16. The fourth-order valence-corrected chi connectivity index (χ4v) is 5.21. The van der Waals surface area contributed by atoms with Gasteiger partial charge >= 0.3 is 6.03 Å². The van der Waals surface area contributed by atoms with E-state index in [0.717, 1.165) is 23.7 Å². The highest BCUT2D eigenvalue weighted by molar-refractivity contribution is 7.98. The average molecular weight is 468 g/mol. The first-order valence-corrected chi connectivity index (χ1v) is 12.9. The number of carbonyl (C=O) groups excluding carboxylic acids is 1. The van der Waals surface area contributed by atoms with Gasteiger partial charge in [0, 0.05) is 22.9 Å². The van der Waals surface area contributed by atoms with Crippen molar-refractivity contribution in [2.24, 2.45) is 0 Å². The molecule has 5 rings (SSSR count). The van der Waals surface area contributed by atoms with Crippen LogP contribution in [-0.4, -0.2) is 28.2 Å². The SMILES string of the molecule is CSc1ccc2nc(NC(=O)N(Cc3cc(C)ccc3C)C3Cc4ccccc4C3)ccc2c1. The topological polar surface area (TPSA) is 45.2 Å². The number of hydrogen-bond donors (Lipinski definition) is 1. The molecule has 4 aromatic rings. The van der Waals surface area contributed by atoms with Crippen molar-refractivity contribution in [3.8, 4) is 0 Å². The van der Waals surface area contributed by atoms with Crippen LogP contribution in [0.25, 0.3) is 10.9 Å². The van der Waals surface area contributed by atoms with Crippen LogP contribution in [-0.2, 0) is 19.4 Å². The molecule has 0 saturated heterocycles. The zero-order valence-corrected chi connectivity index (χ0v) is 20.7. The first-order chi connectivity index (χ1) is 16.5. The molecule has 2 amide bonds. The van der Waals surface area contributed by atoms with Crippen LogP contribution >= 0.6 is 11.8 Å². The standard InChI is InChI=1S/C29H29N3OS/c1-19-8-9-20(2)24(14-19)18-32(25-15-21-6-4-5-7-22(21)16-25)29(33)31-28-13-10-23-17-26(34-3)11-12-27(23)30-28/h4-14,17,25H,15-16,18H2,1-3H3,(H,30,31,33). The van der Waals surface area contributed by atoms with E-state index in [0.29, 0.717) is 12.4 Å². The van der Waals surface area contributed by atoms with Gasteiger partial charge in [0.25, 0.3) is 0 Å². The van der Waals surface area contributed by atoms with Gasteiger partial charge in [0.2, 0.25) is 0 Å². The third-order valence-corrected chi connectivity index (χ3v) is 7.43. The molecule has 0 spiro atoms. The molecule has 0 fully saturated rings. The summed E-state index contributed by atoms with van der Waals surface area (Å²) in [7, 11) is 0. The van der Waals surface area contributed by atoms with Gasteiger partial charge in [0.05, 0.1) is 5.52 Å². The fourth-order valence-electron chi connectivity index (χ4n) is 4.76. The number of rotatable bonds is 5. The van der Waals surface area contributed by atoms with Gasteiger partial charge in [0.15, 0.2) is 0 Å². The zero-order valence-electron chi connectivity index (χ0n) is 19.8. The van der Waals surface area contributed by atoms with E-state index in [1.54, 1.807) is 11.8 Å². The second-order valence-corrected chi connectivity index (χ2v) is 9.95. The number of pyridine rings is 1. The normalized spacial score (nSPS) is 13.1. The first kappa shape index (κ1) is 22.5. The molecule has 0 atom stereocenters. The number of amides is 2. The minimum Gasteiger partial charge on any atom is -0.317 e. The number of hydrogen-bond acceptors (Lipinski definition) is 3. The van der Waals surface area contributed by atoms with E-state index in [1.165, 1.54) is 32.7 Å². The predicted octanol–water partition coefficient (Wildman–Crippen LogP) is 6.78. The number of carbonyl (C=O) groups is 1. The Balaban J connectivity index is 1.43. The lowest BCUT2D eigenvalue weighted by atomic mass is 10.0. The fraction of sp³-hybridized carbons (Fsp3) is 0.241. The highest BCUT2D eigenvalue weighted by Crippen LogP contribution is 2.28. The monoisotopic (exact) mass is 467 g/mol. The number of urea groups is 1. The molecular formula is C29H29N3OS. The number of thioether (sulfide) groups is 1. The third kappa shape index (κ3) is 4.66. The lowest BCUT2D eigenvalue weighted by molar-refractivity contribution is 0.185. The summed E-state index contributed by atoms with van der Waals surface area (Å²) in [6.07, 6.45) is 3.81. The minimum atomic E-state index is -0.105. The van der Waals surface area contributed by atoms with Crippen molar-refractivity contribution in [3.05, 3.63) is 101 Å². The van der Waals surface area contributed by atoms with Gasteiger partial charge in [-0.05, 0) is 85.5 Å². The van der Waals surface area contributed by atoms with Crippen LogP contribution in [0.1, 0.15) is 27.8 Å². The van der Waals surface area contributed by atoms with Crippen LogP contribution in [0.15, 0.2) is 77.7 Å². The lowest BCUT2D eigenvalue weighted by Crippen LogP contribution is -2.43. The summed E-state index contributed by atoms with van der Waals surface area (Å²) in [5.74, 6) is 0.580. The Morgan fingerprint density at radius 2 is 1.76 bits per heavy atom. The number of fused-ring (bicyclic) bond motifs is 2. The van der Waals surface area contributed by atoms with E-state index in [-0.39, 0.29) is 12.1 Å². The zero-order chi connectivity index (χ0) is 23.7. The predicted molar refractivity (Wildman–Crippen MR) is 142 cm³/mol. The second kappa shape index (κ2) is 9.51. The average Bonchev–Trinajstić information content (AvgIpc) is 3.28. The van der Waals surface area contributed by atoms with E-state index >= 15 is 0 Å². The highest BCUT2D eigenvalue weighted by Gasteiger charge is 2.30. The number of aryl methyl sites for hydroxylation is 2. The van der Waals surface area contributed by atoms with Crippen molar-refractivity contribution in [2.45, 2.75) is 44.2 Å². The van der Waals surface area contributed by atoms with Gasteiger partial charge < -0.3 is 4.90 Å². The molecule has 1 N–H and O–H groups in total. The van der Waals surface area contributed by atoms with E-state index in [2.05, 4.69) is 80.0 Å². The van der Waals surface area contributed by atoms with Crippen molar-refractivity contribution < 1.29 is 4.79 Å². The van der Waals surface area contributed by atoms with Crippen molar-refractivity contribution in [1.29, 1.82) is 0 Å². The molecule has 1 aromatic heterocycles. The molecular weight excluding hydrogens is 438 g/mol. The summed E-state index contributed by atoms with van der Waals surface area (Å²) in [6, 6.07) is 25.1. The molecule has 172 valence electrons. The van der Waals surface area contributed by atoms with Crippen LogP contribution in [0.5, 0.6) is 0 Å². The minimum absolute atomic E-state index is 0.105. The largest absolute Gasteiger partial charge is 0.323 e. The maximum atomic E-state index is 13.7. The molecule has 0 aliphatic heterocycles. The summed E-state index contributed by atoms with van der Waals surface area (Å²) in [6.45, 7) is 4.78. The number of nitrogens with zero attached hydrogens (tertiary/aromatic N) is 2. The Hall–Kier alpha value is -3.31. The Labute approximate surface area is 205 Å². The number of benzene rings is 3. The summed E-state index contributed by atoms with van der Waals surface area (Å²) >= 11 is 1.71. The Morgan fingerprint density at radius 1 is 1.00 bits per heavy atom.